The number of anilines is 1. The van der Waals surface area contributed by atoms with Gasteiger partial charge in [0.2, 0.25) is 11.8 Å². The summed E-state index contributed by atoms with van der Waals surface area (Å²) in [6.07, 6.45) is 2.34. The quantitative estimate of drug-likeness (QED) is 0.875. The maximum atomic E-state index is 12.9. The van der Waals surface area contributed by atoms with Gasteiger partial charge in [0.1, 0.15) is 0 Å². The smallest absolute Gasteiger partial charge is 0.228 e. The zero-order valence-electron chi connectivity index (χ0n) is 15.7. The van der Waals surface area contributed by atoms with E-state index in [2.05, 4.69) is 25.2 Å². The summed E-state index contributed by atoms with van der Waals surface area (Å²) < 4.78 is 0. The topological polar surface area (TPSA) is 52.7 Å². The van der Waals surface area contributed by atoms with E-state index in [0.717, 1.165) is 44.7 Å². The predicted molar refractivity (Wildman–Crippen MR) is 107 cm³/mol. The zero-order chi connectivity index (χ0) is 17.8. The van der Waals surface area contributed by atoms with E-state index in [1.54, 1.807) is 0 Å². The number of benzene rings is 1. The number of carbonyl (C=O) groups is 2. The predicted octanol–water partition coefficient (Wildman–Crippen LogP) is 2.80. The van der Waals surface area contributed by atoms with Crippen LogP contribution in [0.1, 0.15) is 44.6 Å². The van der Waals surface area contributed by atoms with Crippen LogP contribution < -0.4 is 10.2 Å². The van der Waals surface area contributed by atoms with Gasteiger partial charge < -0.3 is 15.1 Å². The van der Waals surface area contributed by atoms with Crippen LogP contribution in [-0.2, 0) is 9.59 Å². The van der Waals surface area contributed by atoms with Gasteiger partial charge >= 0.3 is 0 Å². The van der Waals surface area contributed by atoms with Crippen LogP contribution in [0.3, 0.4) is 0 Å². The average molecular weight is 380 g/mol. The molecule has 0 bridgehead atoms. The summed E-state index contributed by atoms with van der Waals surface area (Å²) >= 11 is 0. The van der Waals surface area contributed by atoms with Crippen molar-refractivity contribution in [3.8, 4) is 0 Å². The first-order chi connectivity index (χ1) is 12.1. The normalized spacial score (nSPS) is 21.9. The molecule has 2 fully saturated rings. The van der Waals surface area contributed by atoms with Crippen molar-refractivity contribution in [2.75, 3.05) is 37.6 Å². The van der Waals surface area contributed by atoms with Crippen LogP contribution in [0.4, 0.5) is 5.69 Å². The highest BCUT2D eigenvalue weighted by atomic mass is 35.5. The molecule has 26 heavy (non-hydrogen) atoms. The second kappa shape index (κ2) is 9.38. The van der Waals surface area contributed by atoms with Crippen molar-refractivity contribution < 1.29 is 9.59 Å². The molecule has 2 atom stereocenters. The first kappa shape index (κ1) is 20.7. The van der Waals surface area contributed by atoms with Crippen molar-refractivity contribution in [2.45, 2.75) is 39.0 Å². The van der Waals surface area contributed by atoms with E-state index < -0.39 is 0 Å². The SMILES string of the molecule is CCC(C)c1ccccc1N1CC(C(=O)N2CCCNCC2)CC1=O.Cl. The molecular formula is C20H30ClN3O2. The van der Waals surface area contributed by atoms with Gasteiger partial charge in [-0.25, -0.2) is 0 Å². The van der Waals surface area contributed by atoms with Crippen molar-refractivity contribution in [3.05, 3.63) is 29.8 Å². The zero-order valence-corrected chi connectivity index (χ0v) is 16.6. The van der Waals surface area contributed by atoms with Gasteiger partial charge in [0, 0.05) is 38.3 Å². The molecule has 2 aliphatic rings. The molecule has 1 aromatic rings. The summed E-state index contributed by atoms with van der Waals surface area (Å²) in [5.74, 6) is 0.397. The minimum atomic E-state index is -0.212. The summed E-state index contributed by atoms with van der Waals surface area (Å²) in [6, 6.07) is 8.12. The summed E-state index contributed by atoms with van der Waals surface area (Å²) in [6.45, 7) is 8.19. The lowest BCUT2D eigenvalue weighted by Gasteiger charge is -2.25. The molecule has 1 N–H and O–H groups in total. The Balaban J connectivity index is 0.00000243. The maximum absolute atomic E-state index is 12.9. The molecule has 0 aliphatic carbocycles. The molecule has 2 aliphatic heterocycles. The molecule has 2 unspecified atom stereocenters. The minimum Gasteiger partial charge on any atom is -0.341 e. The molecule has 5 nitrogen and oxygen atoms in total. The molecule has 2 amide bonds. The van der Waals surface area contributed by atoms with Gasteiger partial charge in [-0.2, -0.15) is 0 Å². The largest absolute Gasteiger partial charge is 0.341 e. The number of rotatable bonds is 4. The fourth-order valence-electron chi connectivity index (χ4n) is 3.80. The van der Waals surface area contributed by atoms with Crippen molar-refractivity contribution in [1.29, 1.82) is 0 Å². The van der Waals surface area contributed by atoms with E-state index in [1.807, 2.05) is 28.0 Å². The molecule has 2 heterocycles. The second-order valence-corrected chi connectivity index (χ2v) is 7.20. The monoisotopic (exact) mass is 379 g/mol. The van der Waals surface area contributed by atoms with Gasteiger partial charge in [-0.15, -0.1) is 12.4 Å². The standard InChI is InChI=1S/C20H29N3O2.ClH/c1-3-15(2)17-7-4-5-8-18(17)23-14-16(13-19(23)24)20(25)22-11-6-9-21-10-12-22;/h4-5,7-8,15-16,21H,3,6,9-14H2,1-2H3;1H. The summed E-state index contributed by atoms with van der Waals surface area (Å²) in [5.41, 5.74) is 2.18. The van der Waals surface area contributed by atoms with E-state index in [4.69, 9.17) is 0 Å². The molecule has 0 radical (unpaired) electrons. The van der Waals surface area contributed by atoms with Gasteiger partial charge in [-0.1, -0.05) is 32.0 Å². The molecule has 1 aromatic carbocycles. The van der Waals surface area contributed by atoms with Crippen LogP contribution in [0.5, 0.6) is 0 Å². The van der Waals surface area contributed by atoms with Crippen LogP contribution in [0.2, 0.25) is 0 Å². The van der Waals surface area contributed by atoms with Crippen molar-refractivity contribution in [1.82, 2.24) is 10.2 Å². The number of halogens is 1. The maximum Gasteiger partial charge on any atom is 0.228 e. The van der Waals surface area contributed by atoms with Crippen LogP contribution in [0.15, 0.2) is 24.3 Å². The van der Waals surface area contributed by atoms with E-state index >= 15 is 0 Å². The van der Waals surface area contributed by atoms with Crippen LogP contribution in [-0.4, -0.2) is 49.4 Å². The van der Waals surface area contributed by atoms with Gasteiger partial charge in [0.15, 0.2) is 0 Å². The summed E-state index contributed by atoms with van der Waals surface area (Å²) in [4.78, 5) is 29.3. The van der Waals surface area contributed by atoms with Crippen molar-refractivity contribution in [3.63, 3.8) is 0 Å². The fourth-order valence-corrected chi connectivity index (χ4v) is 3.80. The molecule has 144 valence electrons. The Morgan fingerprint density at radius 3 is 2.81 bits per heavy atom. The van der Waals surface area contributed by atoms with Gasteiger partial charge in [-0.3, -0.25) is 9.59 Å². The van der Waals surface area contributed by atoms with Crippen molar-refractivity contribution in [2.24, 2.45) is 5.92 Å². The number of hydrogen-bond donors (Lipinski definition) is 1. The summed E-state index contributed by atoms with van der Waals surface area (Å²) in [5, 5.41) is 3.32. The van der Waals surface area contributed by atoms with Gasteiger partial charge in [0.05, 0.1) is 5.92 Å². The molecular weight excluding hydrogens is 350 g/mol. The molecule has 6 heteroatoms. The Bertz CT molecular complexity index is 629. The number of carbonyl (C=O) groups excluding carboxylic acids is 2. The number of nitrogens with zero attached hydrogens (tertiary/aromatic N) is 2. The van der Waals surface area contributed by atoms with Crippen LogP contribution >= 0.6 is 12.4 Å². The molecule has 0 spiro atoms. The third-order valence-corrected chi connectivity index (χ3v) is 5.50. The van der Waals surface area contributed by atoms with E-state index in [9.17, 15) is 9.59 Å². The van der Waals surface area contributed by atoms with Crippen molar-refractivity contribution >= 4 is 29.9 Å². The lowest BCUT2D eigenvalue weighted by atomic mass is 9.96. The molecule has 3 rings (SSSR count). The minimum absolute atomic E-state index is 0. The third kappa shape index (κ3) is 4.38. The van der Waals surface area contributed by atoms with Crippen LogP contribution in [0.25, 0.3) is 0 Å². The lowest BCUT2D eigenvalue weighted by Crippen LogP contribution is -2.39. The molecule has 0 saturated carbocycles. The number of para-hydroxylation sites is 1. The number of nitrogens with one attached hydrogen (secondary N) is 1. The molecule has 2 saturated heterocycles. The Hall–Kier alpha value is -1.59. The Morgan fingerprint density at radius 1 is 1.27 bits per heavy atom. The highest BCUT2D eigenvalue weighted by Gasteiger charge is 2.38. The van der Waals surface area contributed by atoms with Gasteiger partial charge in [0.25, 0.3) is 0 Å². The average Bonchev–Trinajstić information content (AvgIpc) is 2.85. The first-order valence-corrected chi connectivity index (χ1v) is 9.50. The van der Waals surface area contributed by atoms with E-state index in [0.29, 0.717) is 18.9 Å². The second-order valence-electron chi connectivity index (χ2n) is 7.20. The Labute approximate surface area is 162 Å². The fraction of sp³-hybridized carbons (Fsp3) is 0.600. The summed E-state index contributed by atoms with van der Waals surface area (Å²) in [7, 11) is 0. The highest BCUT2D eigenvalue weighted by molar-refractivity contribution is 6.00. The first-order valence-electron chi connectivity index (χ1n) is 9.50. The number of hydrogen-bond acceptors (Lipinski definition) is 3. The lowest BCUT2D eigenvalue weighted by molar-refractivity contribution is -0.135. The Kier molecular flexibility index (Phi) is 7.47. The van der Waals surface area contributed by atoms with E-state index in [-0.39, 0.29) is 30.1 Å². The Morgan fingerprint density at radius 2 is 2.04 bits per heavy atom. The number of amides is 2. The molecule has 0 aromatic heterocycles. The van der Waals surface area contributed by atoms with Crippen LogP contribution in [0, 0.1) is 5.92 Å². The van der Waals surface area contributed by atoms with Gasteiger partial charge in [-0.05, 0) is 36.9 Å². The third-order valence-electron chi connectivity index (χ3n) is 5.50. The highest BCUT2D eigenvalue weighted by Crippen LogP contribution is 2.33. The van der Waals surface area contributed by atoms with E-state index in [1.165, 1.54) is 5.56 Å².